The molecule has 18 heavy (non-hydrogen) atoms. The van der Waals surface area contributed by atoms with E-state index in [1.165, 1.54) is 51.6 Å². The van der Waals surface area contributed by atoms with Crippen LogP contribution in [0.2, 0.25) is 0 Å². The highest BCUT2D eigenvalue weighted by Gasteiger charge is 2.30. The second-order valence-electron chi connectivity index (χ2n) is 7.35. The van der Waals surface area contributed by atoms with Gasteiger partial charge in [-0.25, -0.2) is 0 Å². The van der Waals surface area contributed by atoms with Crippen molar-refractivity contribution in [1.29, 1.82) is 0 Å². The maximum absolute atomic E-state index is 6.43. The second kappa shape index (κ2) is 5.34. The largest absolute Gasteiger partial charge is 0.325 e. The Hall–Kier alpha value is -0.340. The van der Waals surface area contributed by atoms with Gasteiger partial charge in [0.15, 0.2) is 0 Å². The summed E-state index contributed by atoms with van der Waals surface area (Å²) in [5.41, 5.74) is 8.57. The van der Waals surface area contributed by atoms with Gasteiger partial charge in [0.05, 0.1) is 0 Å². The normalized spacial score (nSPS) is 25.2. The van der Waals surface area contributed by atoms with E-state index in [2.05, 4.69) is 31.7 Å². The van der Waals surface area contributed by atoms with Crippen molar-refractivity contribution in [3.63, 3.8) is 0 Å². The fourth-order valence-corrected chi connectivity index (χ4v) is 3.31. The van der Waals surface area contributed by atoms with Crippen molar-refractivity contribution in [2.24, 2.45) is 11.1 Å². The zero-order valence-electron chi connectivity index (χ0n) is 12.5. The van der Waals surface area contributed by atoms with Gasteiger partial charge in [-0.2, -0.15) is 0 Å². The fourth-order valence-electron chi connectivity index (χ4n) is 3.31. The van der Waals surface area contributed by atoms with Crippen LogP contribution in [0, 0.1) is 5.41 Å². The molecule has 2 heteroatoms. The van der Waals surface area contributed by atoms with Gasteiger partial charge in [0.2, 0.25) is 0 Å². The summed E-state index contributed by atoms with van der Waals surface area (Å²) in [5.74, 6) is 0. The van der Waals surface area contributed by atoms with Crippen LogP contribution in [0.25, 0.3) is 0 Å². The van der Waals surface area contributed by atoms with E-state index >= 15 is 0 Å². The maximum atomic E-state index is 6.43. The van der Waals surface area contributed by atoms with Crippen LogP contribution >= 0.6 is 0 Å². The topological polar surface area (TPSA) is 29.3 Å². The maximum Gasteiger partial charge on any atom is 0.0166 e. The molecule has 0 spiro atoms. The molecule has 0 atom stereocenters. The molecule has 2 N–H and O–H groups in total. The van der Waals surface area contributed by atoms with E-state index in [1.54, 1.807) is 5.57 Å². The molecule has 0 aromatic heterocycles. The summed E-state index contributed by atoms with van der Waals surface area (Å²) >= 11 is 0. The first-order chi connectivity index (χ1) is 8.39. The Morgan fingerprint density at radius 1 is 1.28 bits per heavy atom. The van der Waals surface area contributed by atoms with Gasteiger partial charge in [-0.15, -0.1) is 0 Å². The molecule has 0 radical (unpaired) electrons. The van der Waals surface area contributed by atoms with Crippen LogP contribution in [0.5, 0.6) is 0 Å². The summed E-state index contributed by atoms with van der Waals surface area (Å²) in [7, 11) is 0. The summed E-state index contributed by atoms with van der Waals surface area (Å²) in [6.45, 7) is 10.5. The Morgan fingerprint density at radius 2 is 1.94 bits per heavy atom. The quantitative estimate of drug-likeness (QED) is 0.779. The van der Waals surface area contributed by atoms with Gasteiger partial charge in [0, 0.05) is 25.2 Å². The van der Waals surface area contributed by atoms with E-state index in [0.29, 0.717) is 5.41 Å². The Morgan fingerprint density at radius 3 is 2.44 bits per heavy atom. The number of rotatable bonds is 3. The minimum atomic E-state index is 0.161. The van der Waals surface area contributed by atoms with E-state index in [0.717, 1.165) is 6.54 Å². The van der Waals surface area contributed by atoms with Crippen molar-refractivity contribution in [1.82, 2.24) is 4.90 Å². The van der Waals surface area contributed by atoms with Crippen LogP contribution in [0.3, 0.4) is 0 Å². The number of hydrogen-bond donors (Lipinski definition) is 1. The van der Waals surface area contributed by atoms with Crippen LogP contribution < -0.4 is 5.73 Å². The SMILES string of the molecule is CC(C)(C)C1=CCN(CCC2(N)CCCC2)CC1. The lowest BCUT2D eigenvalue weighted by atomic mass is 9.83. The van der Waals surface area contributed by atoms with Crippen molar-refractivity contribution in [2.75, 3.05) is 19.6 Å². The first-order valence-electron chi connectivity index (χ1n) is 7.60. The molecule has 2 nitrogen and oxygen atoms in total. The minimum Gasteiger partial charge on any atom is -0.325 e. The van der Waals surface area contributed by atoms with Gasteiger partial charge in [0.1, 0.15) is 0 Å². The van der Waals surface area contributed by atoms with Gasteiger partial charge in [-0.1, -0.05) is 45.3 Å². The summed E-state index contributed by atoms with van der Waals surface area (Å²) in [5, 5.41) is 0. The lowest BCUT2D eigenvalue weighted by Crippen LogP contribution is -2.41. The molecule has 0 aromatic rings. The number of nitrogens with zero attached hydrogens (tertiary/aromatic N) is 1. The summed E-state index contributed by atoms with van der Waals surface area (Å²) in [4.78, 5) is 2.57. The number of nitrogens with two attached hydrogens (primary N) is 1. The molecule has 0 unspecified atom stereocenters. The average molecular weight is 250 g/mol. The average Bonchev–Trinajstić information content (AvgIpc) is 2.74. The molecule has 0 bridgehead atoms. The molecule has 1 heterocycles. The van der Waals surface area contributed by atoms with Crippen molar-refractivity contribution in [3.8, 4) is 0 Å². The van der Waals surface area contributed by atoms with Gasteiger partial charge < -0.3 is 5.73 Å². The highest BCUT2D eigenvalue weighted by atomic mass is 15.1. The van der Waals surface area contributed by atoms with E-state index in [-0.39, 0.29) is 5.54 Å². The van der Waals surface area contributed by atoms with Gasteiger partial charge in [0.25, 0.3) is 0 Å². The molecule has 1 saturated carbocycles. The van der Waals surface area contributed by atoms with Crippen molar-refractivity contribution < 1.29 is 0 Å². The van der Waals surface area contributed by atoms with Crippen LogP contribution in [0.15, 0.2) is 11.6 Å². The summed E-state index contributed by atoms with van der Waals surface area (Å²) in [6, 6.07) is 0. The summed E-state index contributed by atoms with van der Waals surface area (Å²) in [6.07, 6.45) is 10.0. The predicted molar refractivity (Wildman–Crippen MR) is 78.6 cm³/mol. The van der Waals surface area contributed by atoms with Crippen LogP contribution in [-0.4, -0.2) is 30.1 Å². The van der Waals surface area contributed by atoms with Crippen molar-refractivity contribution in [3.05, 3.63) is 11.6 Å². The minimum absolute atomic E-state index is 0.161. The highest BCUT2D eigenvalue weighted by Crippen LogP contribution is 2.32. The third-order valence-corrected chi connectivity index (χ3v) is 4.78. The fraction of sp³-hybridized carbons (Fsp3) is 0.875. The predicted octanol–water partition coefficient (Wildman–Crippen LogP) is 3.33. The standard InChI is InChI=1S/C16H30N2/c1-15(2,3)14-6-11-18(12-7-14)13-10-16(17)8-4-5-9-16/h6H,4-5,7-13,17H2,1-3H3. The molecule has 1 aliphatic carbocycles. The van der Waals surface area contributed by atoms with Gasteiger partial charge in [-0.3, -0.25) is 4.90 Å². The molecule has 1 fully saturated rings. The monoisotopic (exact) mass is 250 g/mol. The van der Waals surface area contributed by atoms with Crippen LogP contribution in [0.4, 0.5) is 0 Å². The van der Waals surface area contributed by atoms with Crippen LogP contribution in [-0.2, 0) is 0 Å². The van der Waals surface area contributed by atoms with E-state index in [1.807, 2.05) is 0 Å². The third kappa shape index (κ3) is 3.58. The Balaban J connectivity index is 1.78. The molecular formula is C16H30N2. The Bertz CT molecular complexity index is 306. The first kappa shape index (κ1) is 14.1. The van der Waals surface area contributed by atoms with Crippen LogP contribution in [0.1, 0.15) is 59.3 Å². The van der Waals surface area contributed by atoms with Crippen molar-refractivity contribution >= 4 is 0 Å². The lowest BCUT2D eigenvalue weighted by molar-refractivity contribution is 0.244. The lowest BCUT2D eigenvalue weighted by Gasteiger charge is -2.34. The third-order valence-electron chi connectivity index (χ3n) is 4.78. The molecule has 1 aliphatic heterocycles. The highest BCUT2D eigenvalue weighted by molar-refractivity contribution is 5.14. The van der Waals surface area contributed by atoms with Gasteiger partial charge >= 0.3 is 0 Å². The molecule has 0 amide bonds. The molecule has 104 valence electrons. The molecule has 2 aliphatic rings. The second-order valence-corrected chi connectivity index (χ2v) is 7.35. The smallest absolute Gasteiger partial charge is 0.0166 e. The zero-order chi connectivity index (χ0) is 13.2. The van der Waals surface area contributed by atoms with E-state index in [4.69, 9.17) is 5.73 Å². The van der Waals surface area contributed by atoms with E-state index < -0.39 is 0 Å². The van der Waals surface area contributed by atoms with Gasteiger partial charge in [-0.05, 0) is 31.1 Å². The summed E-state index contributed by atoms with van der Waals surface area (Å²) < 4.78 is 0. The first-order valence-corrected chi connectivity index (χ1v) is 7.60. The molecular weight excluding hydrogens is 220 g/mol. The zero-order valence-corrected chi connectivity index (χ0v) is 12.5. The molecule has 0 aromatic carbocycles. The molecule has 2 rings (SSSR count). The number of hydrogen-bond acceptors (Lipinski definition) is 2. The van der Waals surface area contributed by atoms with E-state index in [9.17, 15) is 0 Å². The Kier molecular flexibility index (Phi) is 4.18. The van der Waals surface area contributed by atoms with Crippen molar-refractivity contribution in [2.45, 2.75) is 64.8 Å². The Labute approximate surface area is 113 Å². The molecule has 0 saturated heterocycles.